The van der Waals surface area contributed by atoms with Crippen LogP contribution in [-0.4, -0.2) is 25.8 Å². The van der Waals surface area contributed by atoms with Crippen molar-refractivity contribution in [3.63, 3.8) is 0 Å². The Hall–Kier alpha value is -1.38. The van der Waals surface area contributed by atoms with Crippen LogP contribution in [0.4, 0.5) is 0 Å². The lowest BCUT2D eigenvalue weighted by Crippen LogP contribution is -2.41. The lowest BCUT2D eigenvalue weighted by Gasteiger charge is -2.34. The Kier molecular flexibility index (Phi) is 3.42. The molecule has 1 aliphatic heterocycles. The number of rotatable bonds is 2. The summed E-state index contributed by atoms with van der Waals surface area (Å²) in [5, 5.41) is 9.04. The first-order valence-electron chi connectivity index (χ1n) is 5.94. The van der Waals surface area contributed by atoms with Crippen LogP contribution in [0.5, 0.6) is 0 Å². The van der Waals surface area contributed by atoms with E-state index in [4.69, 9.17) is 5.26 Å². The van der Waals surface area contributed by atoms with E-state index in [-0.39, 0.29) is 5.41 Å². The average molecular weight is 264 g/mol. The molecule has 0 bridgehead atoms. The van der Waals surface area contributed by atoms with Crippen LogP contribution in [0.25, 0.3) is 0 Å². The number of nitriles is 1. The summed E-state index contributed by atoms with van der Waals surface area (Å²) in [4.78, 5) is 0.325. The summed E-state index contributed by atoms with van der Waals surface area (Å²) in [5.41, 5.74) is -0.386. The van der Waals surface area contributed by atoms with Crippen molar-refractivity contribution in [3.8, 4) is 6.07 Å². The summed E-state index contributed by atoms with van der Waals surface area (Å²) in [5.74, 6) is 0. The molecule has 2 rings (SSSR count). The molecule has 0 amide bonds. The van der Waals surface area contributed by atoms with Gasteiger partial charge < -0.3 is 0 Å². The van der Waals surface area contributed by atoms with Gasteiger partial charge in [-0.05, 0) is 31.9 Å². The highest BCUT2D eigenvalue weighted by molar-refractivity contribution is 7.89. The van der Waals surface area contributed by atoms with E-state index in [0.717, 1.165) is 0 Å². The number of piperidine rings is 1. The molecule has 96 valence electrons. The molecule has 5 heteroatoms. The molecule has 18 heavy (non-hydrogen) atoms. The van der Waals surface area contributed by atoms with Gasteiger partial charge in [-0.3, -0.25) is 0 Å². The van der Waals surface area contributed by atoms with Gasteiger partial charge in [-0.25, -0.2) is 8.42 Å². The molecule has 1 fully saturated rings. The summed E-state index contributed by atoms with van der Waals surface area (Å²) < 4.78 is 26.1. The molecule has 1 aromatic rings. The fourth-order valence-electron chi connectivity index (χ4n) is 2.07. The lowest BCUT2D eigenvalue weighted by molar-refractivity contribution is 0.232. The van der Waals surface area contributed by atoms with E-state index in [1.165, 1.54) is 4.31 Å². The quantitative estimate of drug-likeness (QED) is 0.820. The van der Waals surface area contributed by atoms with Gasteiger partial charge in [-0.2, -0.15) is 9.57 Å². The zero-order valence-corrected chi connectivity index (χ0v) is 11.2. The summed E-state index contributed by atoms with van der Waals surface area (Å²) in [6.45, 7) is 2.72. The second-order valence-corrected chi connectivity index (χ2v) is 6.83. The Morgan fingerprint density at radius 1 is 1.22 bits per heavy atom. The smallest absolute Gasteiger partial charge is 0.207 e. The maximum absolute atomic E-state index is 12.3. The summed E-state index contributed by atoms with van der Waals surface area (Å²) in [6.07, 6.45) is 1.19. The Bertz CT molecular complexity index is 552. The van der Waals surface area contributed by atoms with E-state index in [1.807, 2.05) is 6.92 Å². The largest absolute Gasteiger partial charge is 0.243 e. The second-order valence-electron chi connectivity index (χ2n) is 4.89. The monoisotopic (exact) mass is 264 g/mol. The molecular formula is C13H16N2O2S. The molecular weight excluding hydrogens is 248 g/mol. The van der Waals surface area contributed by atoms with Gasteiger partial charge in [0.25, 0.3) is 0 Å². The normalized spacial score (nSPS) is 20.2. The Labute approximate surface area is 108 Å². The van der Waals surface area contributed by atoms with Crippen LogP contribution >= 0.6 is 0 Å². The van der Waals surface area contributed by atoms with Crippen molar-refractivity contribution in [3.05, 3.63) is 30.3 Å². The van der Waals surface area contributed by atoms with E-state index in [1.54, 1.807) is 30.3 Å². The molecule has 0 spiro atoms. The van der Waals surface area contributed by atoms with Crippen LogP contribution in [0.15, 0.2) is 35.2 Å². The molecule has 0 N–H and O–H groups in total. The minimum absolute atomic E-state index is 0.325. The second kappa shape index (κ2) is 4.71. The van der Waals surface area contributed by atoms with Gasteiger partial charge in [0.15, 0.2) is 0 Å². The first kappa shape index (κ1) is 13.1. The van der Waals surface area contributed by atoms with Crippen molar-refractivity contribution in [1.29, 1.82) is 5.26 Å². The molecule has 0 unspecified atom stereocenters. The number of hydrogen-bond donors (Lipinski definition) is 0. The third kappa shape index (κ3) is 2.40. The van der Waals surface area contributed by atoms with Crippen LogP contribution in [0.3, 0.4) is 0 Å². The van der Waals surface area contributed by atoms with Gasteiger partial charge in [0.1, 0.15) is 0 Å². The fraction of sp³-hybridized carbons (Fsp3) is 0.462. The van der Waals surface area contributed by atoms with E-state index < -0.39 is 10.0 Å². The highest BCUT2D eigenvalue weighted by Gasteiger charge is 2.35. The van der Waals surface area contributed by atoms with Crippen molar-refractivity contribution in [1.82, 2.24) is 4.31 Å². The predicted molar refractivity (Wildman–Crippen MR) is 68.2 cm³/mol. The van der Waals surface area contributed by atoms with Crippen LogP contribution in [-0.2, 0) is 10.0 Å². The van der Waals surface area contributed by atoms with E-state index in [2.05, 4.69) is 6.07 Å². The van der Waals surface area contributed by atoms with E-state index >= 15 is 0 Å². The lowest BCUT2D eigenvalue weighted by atomic mass is 9.83. The first-order valence-corrected chi connectivity index (χ1v) is 7.38. The first-order chi connectivity index (χ1) is 8.48. The van der Waals surface area contributed by atoms with Crippen molar-refractivity contribution in [2.75, 3.05) is 13.1 Å². The fourth-order valence-corrected chi connectivity index (χ4v) is 3.54. The van der Waals surface area contributed by atoms with Crippen LogP contribution in [0.2, 0.25) is 0 Å². The minimum atomic E-state index is -3.40. The summed E-state index contributed by atoms with van der Waals surface area (Å²) >= 11 is 0. The average Bonchev–Trinajstić information content (AvgIpc) is 2.40. The maximum Gasteiger partial charge on any atom is 0.243 e. The molecule has 4 nitrogen and oxygen atoms in total. The Morgan fingerprint density at radius 2 is 1.78 bits per heavy atom. The van der Waals surface area contributed by atoms with E-state index in [9.17, 15) is 8.42 Å². The van der Waals surface area contributed by atoms with Gasteiger partial charge >= 0.3 is 0 Å². The SMILES string of the molecule is CC1(C#N)CCN(S(=O)(=O)c2ccccc2)CC1. The maximum atomic E-state index is 12.3. The van der Waals surface area contributed by atoms with Crippen molar-refractivity contribution in [2.24, 2.45) is 5.41 Å². The Balaban J connectivity index is 2.18. The van der Waals surface area contributed by atoms with Crippen molar-refractivity contribution >= 4 is 10.0 Å². The van der Waals surface area contributed by atoms with Crippen molar-refractivity contribution < 1.29 is 8.42 Å². The van der Waals surface area contributed by atoms with Crippen LogP contribution < -0.4 is 0 Å². The molecule has 1 aromatic carbocycles. The number of hydrogen-bond acceptors (Lipinski definition) is 3. The van der Waals surface area contributed by atoms with Gasteiger partial charge in [0, 0.05) is 13.1 Å². The molecule has 0 saturated carbocycles. The third-order valence-electron chi connectivity index (χ3n) is 3.48. The summed E-state index contributed by atoms with van der Waals surface area (Å²) in [7, 11) is -3.40. The van der Waals surface area contributed by atoms with Crippen LogP contribution in [0.1, 0.15) is 19.8 Å². The van der Waals surface area contributed by atoms with Crippen molar-refractivity contribution in [2.45, 2.75) is 24.7 Å². The Morgan fingerprint density at radius 3 is 2.28 bits per heavy atom. The van der Waals surface area contributed by atoms with E-state index in [0.29, 0.717) is 30.8 Å². The topological polar surface area (TPSA) is 61.2 Å². The van der Waals surface area contributed by atoms with Crippen LogP contribution in [0, 0.1) is 16.7 Å². The van der Waals surface area contributed by atoms with Gasteiger partial charge in [-0.15, -0.1) is 0 Å². The highest BCUT2D eigenvalue weighted by Crippen LogP contribution is 2.32. The third-order valence-corrected chi connectivity index (χ3v) is 5.39. The standard InChI is InChI=1S/C13H16N2O2S/c1-13(11-14)7-9-15(10-8-13)18(16,17)12-5-3-2-4-6-12/h2-6H,7-10H2,1H3. The molecule has 0 aromatic heterocycles. The molecule has 1 saturated heterocycles. The molecule has 0 atom stereocenters. The zero-order chi connectivity index (χ0) is 13.2. The minimum Gasteiger partial charge on any atom is -0.207 e. The number of nitrogens with zero attached hydrogens (tertiary/aromatic N) is 2. The summed E-state index contributed by atoms with van der Waals surface area (Å²) in [6, 6.07) is 10.7. The van der Waals surface area contributed by atoms with Gasteiger partial charge in [0.2, 0.25) is 10.0 Å². The number of benzene rings is 1. The molecule has 1 heterocycles. The molecule has 1 aliphatic rings. The predicted octanol–water partition coefficient (Wildman–Crippen LogP) is 2.00. The highest BCUT2D eigenvalue weighted by atomic mass is 32.2. The molecule has 0 radical (unpaired) electrons. The zero-order valence-electron chi connectivity index (χ0n) is 10.3. The van der Waals surface area contributed by atoms with Gasteiger partial charge in [0.05, 0.1) is 16.4 Å². The number of sulfonamides is 1. The van der Waals surface area contributed by atoms with Gasteiger partial charge in [-0.1, -0.05) is 18.2 Å². The molecule has 0 aliphatic carbocycles.